The largest absolute Gasteiger partial charge is 0.354 e. The molecule has 2 atom stereocenters. The van der Waals surface area contributed by atoms with E-state index in [0.29, 0.717) is 24.3 Å². The van der Waals surface area contributed by atoms with Crippen LogP contribution in [0.3, 0.4) is 0 Å². The van der Waals surface area contributed by atoms with Gasteiger partial charge in [-0.3, -0.25) is 4.79 Å². The summed E-state index contributed by atoms with van der Waals surface area (Å²) in [5, 5.41) is 14.6. The van der Waals surface area contributed by atoms with Gasteiger partial charge in [-0.05, 0) is 38.3 Å². The fourth-order valence-electron chi connectivity index (χ4n) is 3.02. The van der Waals surface area contributed by atoms with Crippen molar-refractivity contribution in [3.05, 3.63) is 17.8 Å². The molecule has 108 valence electrons. The Hall–Kier alpha value is -1.69. The van der Waals surface area contributed by atoms with Crippen molar-refractivity contribution in [2.45, 2.75) is 38.3 Å². The zero-order chi connectivity index (χ0) is 13.9. The van der Waals surface area contributed by atoms with Gasteiger partial charge in [0.05, 0.1) is 0 Å². The molecule has 1 amide bonds. The molecule has 0 spiro atoms. The number of rotatable bonds is 3. The number of fused-ring (bicyclic) bond motifs is 2. The van der Waals surface area contributed by atoms with Crippen molar-refractivity contribution in [1.82, 2.24) is 20.8 Å². The zero-order valence-electron chi connectivity index (χ0n) is 11.8. The van der Waals surface area contributed by atoms with Crippen molar-refractivity contribution in [1.29, 1.82) is 0 Å². The quantitative estimate of drug-likeness (QED) is 0.843. The summed E-state index contributed by atoms with van der Waals surface area (Å²) in [6, 6.07) is 4.88. The molecule has 6 heteroatoms. The summed E-state index contributed by atoms with van der Waals surface area (Å²) in [5.41, 5.74) is 0.380. The second kappa shape index (κ2) is 5.75. The van der Waals surface area contributed by atoms with Crippen LogP contribution in [0.15, 0.2) is 12.1 Å². The van der Waals surface area contributed by atoms with Crippen molar-refractivity contribution in [3.63, 3.8) is 0 Å². The van der Waals surface area contributed by atoms with Crippen molar-refractivity contribution in [2.24, 2.45) is 0 Å². The topological polar surface area (TPSA) is 70.2 Å². The Balaban J connectivity index is 1.69. The van der Waals surface area contributed by atoms with Gasteiger partial charge >= 0.3 is 0 Å². The van der Waals surface area contributed by atoms with Crippen molar-refractivity contribution >= 4 is 11.7 Å². The second-order valence-corrected chi connectivity index (χ2v) is 5.51. The van der Waals surface area contributed by atoms with E-state index < -0.39 is 0 Å². The van der Waals surface area contributed by atoms with Crippen molar-refractivity contribution < 1.29 is 4.79 Å². The van der Waals surface area contributed by atoms with Crippen LogP contribution in [0.2, 0.25) is 0 Å². The summed E-state index contributed by atoms with van der Waals surface area (Å²) < 4.78 is 0. The van der Waals surface area contributed by atoms with E-state index in [9.17, 15) is 4.79 Å². The Kier molecular flexibility index (Phi) is 3.82. The standard InChI is InChI=1S/C14H21N5O/c1-2-15-14(20)12-5-6-13(18-17-12)19-8-7-10-3-4-11(9-19)16-10/h5-6,10-11,16H,2-4,7-9H2,1H3,(H,15,20). The first-order chi connectivity index (χ1) is 9.76. The third-order valence-corrected chi connectivity index (χ3v) is 4.07. The molecule has 1 aromatic heterocycles. The molecular formula is C14H21N5O. The Labute approximate surface area is 118 Å². The summed E-state index contributed by atoms with van der Waals surface area (Å²) in [6.45, 7) is 4.47. The van der Waals surface area contributed by atoms with Gasteiger partial charge in [0.15, 0.2) is 11.5 Å². The average Bonchev–Trinajstić information content (AvgIpc) is 2.79. The molecule has 0 radical (unpaired) electrons. The highest BCUT2D eigenvalue weighted by molar-refractivity contribution is 5.92. The van der Waals surface area contributed by atoms with Gasteiger partial charge < -0.3 is 15.5 Å². The number of aromatic nitrogens is 2. The zero-order valence-corrected chi connectivity index (χ0v) is 11.8. The minimum atomic E-state index is -0.164. The Morgan fingerprint density at radius 3 is 2.95 bits per heavy atom. The molecule has 3 rings (SSSR count). The molecule has 6 nitrogen and oxygen atoms in total. The van der Waals surface area contributed by atoms with E-state index in [-0.39, 0.29) is 5.91 Å². The Morgan fingerprint density at radius 2 is 2.20 bits per heavy atom. The summed E-state index contributed by atoms with van der Waals surface area (Å²) in [4.78, 5) is 13.9. The molecule has 2 fully saturated rings. The van der Waals surface area contributed by atoms with E-state index in [2.05, 4.69) is 25.7 Å². The number of nitrogens with one attached hydrogen (secondary N) is 2. The van der Waals surface area contributed by atoms with Gasteiger partial charge in [-0.1, -0.05) is 0 Å². The highest BCUT2D eigenvalue weighted by Crippen LogP contribution is 2.23. The van der Waals surface area contributed by atoms with Crippen LogP contribution < -0.4 is 15.5 Å². The van der Waals surface area contributed by atoms with Crippen LogP contribution in [-0.4, -0.2) is 47.8 Å². The third-order valence-electron chi connectivity index (χ3n) is 4.07. The number of carbonyl (C=O) groups is 1. The maximum Gasteiger partial charge on any atom is 0.271 e. The monoisotopic (exact) mass is 275 g/mol. The van der Waals surface area contributed by atoms with Gasteiger partial charge in [0.25, 0.3) is 5.91 Å². The molecule has 2 saturated heterocycles. The van der Waals surface area contributed by atoms with E-state index in [1.807, 2.05) is 13.0 Å². The number of hydrogen-bond donors (Lipinski definition) is 2. The van der Waals surface area contributed by atoms with Crippen LogP contribution in [0.5, 0.6) is 0 Å². The van der Waals surface area contributed by atoms with Crippen LogP contribution in [0.4, 0.5) is 5.82 Å². The molecule has 2 aliphatic heterocycles. The van der Waals surface area contributed by atoms with Gasteiger partial charge in [0.1, 0.15) is 0 Å². The Morgan fingerprint density at radius 1 is 1.35 bits per heavy atom. The SMILES string of the molecule is CCNC(=O)c1ccc(N2CCC3CCC(C2)N3)nn1. The second-order valence-electron chi connectivity index (χ2n) is 5.51. The normalized spacial score (nSPS) is 25.4. The fraction of sp³-hybridized carbons (Fsp3) is 0.643. The molecule has 20 heavy (non-hydrogen) atoms. The number of anilines is 1. The summed E-state index contributed by atoms with van der Waals surface area (Å²) in [5.74, 6) is 0.704. The van der Waals surface area contributed by atoms with E-state index in [1.165, 1.54) is 12.8 Å². The fourth-order valence-corrected chi connectivity index (χ4v) is 3.02. The molecule has 0 aliphatic carbocycles. The van der Waals surface area contributed by atoms with E-state index in [4.69, 9.17) is 0 Å². The summed E-state index contributed by atoms with van der Waals surface area (Å²) in [6.07, 6.45) is 3.68. The van der Waals surface area contributed by atoms with Gasteiger partial charge in [0.2, 0.25) is 0 Å². The molecule has 3 heterocycles. The lowest BCUT2D eigenvalue weighted by Crippen LogP contribution is -2.36. The first-order valence-corrected chi connectivity index (χ1v) is 7.39. The van der Waals surface area contributed by atoms with Gasteiger partial charge in [-0.2, -0.15) is 0 Å². The van der Waals surface area contributed by atoms with E-state index in [0.717, 1.165) is 25.3 Å². The lowest BCUT2D eigenvalue weighted by atomic mass is 10.1. The van der Waals surface area contributed by atoms with Crippen LogP contribution in [0.1, 0.15) is 36.7 Å². The minimum Gasteiger partial charge on any atom is -0.354 e. The highest BCUT2D eigenvalue weighted by atomic mass is 16.1. The minimum absolute atomic E-state index is 0.164. The number of carbonyl (C=O) groups excluding carboxylic acids is 1. The van der Waals surface area contributed by atoms with Crippen LogP contribution in [0.25, 0.3) is 0 Å². The molecule has 2 N–H and O–H groups in total. The van der Waals surface area contributed by atoms with Crippen LogP contribution in [-0.2, 0) is 0 Å². The molecule has 0 aromatic carbocycles. The van der Waals surface area contributed by atoms with Gasteiger partial charge in [-0.15, -0.1) is 10.2 Å². The highest BCUT2D eigenvalue weighted by Gasteiger charge is 2.29. The van der Waals surface area contributed by atoms with Crippen molar-refractivity contribution in [2.75, 3.05) is 24.5 Å². The van der Waals surface area contributed by atoms with Crippen molar-refractivity contribution in [3.8, 4) is 0 Å². The average molecular weight is 275 g/mol. The predicted molar refractivity (Wildman–Crippen MR) is 76.8 cm³/mol. The number of nitrogens with zero attached hydrogens (tertiary/aromatic N) is 3. The Bertz CT molecular complexity index is 475. The number of hydrogen-bond acceptors (Lipinski definition) is 5. The molecular weight excluding hydrogens is 254 g/mol. The maximum atomic E-state index is 11.7. The molecule has 1 aromatic rings. The summed E-state index contributed by atoms with van der Waals surface area (Å²) in [7, 11) is 0. The first-order valence-electron chi connectivity index (χ1n) is 7.39. The summed E-state index contributed by atoms with van der Waals surface area (Å²) >= 11 is 0. The van der Waals surface area contributed by atoms with E-state index in [1.54, 1.807) is 6.07 Å². The molecule has 2 unspecified atom stereocenters. The lowest BCUT2D eigenvalue weighted by molar-refractivity contribution is 0.0950. The van der Waals surface area contributed by atoms with Crippen LogP contribution in [0, 0.1) is 0 Å². The smallest absolute Gasteiger partial charge is 0.271 e. The maximum absolute atomic E-state index is 11.7. The molecule has 2 aliphatic rings. The first kappa shape index (κ1) is 13.3. The molecule has 0 saturated carbocycles. The predicted octanol–water partition coefficient (Wildman–Crippen LogP) is 0.557. The third kappa shape index (κ3) is 2.75. The lowest BCUT2D eigenvalue weighted by Gasteiger charge is -2.24. The van der Waals surface area contributed by atoms with Gasteiger partial charge in [-0.25, -0.2) is 0 Å². The van der Waals surface area contributed by atoms with E-state index >= 15 is 0 Å². The number of amides is 1. The molecule has 2 bridgehead atoms. The van der Waals surface area contributed by atoms with Crippen LogP contribution >= 0.6 is 0 Å². The van der Waals surface area contributed by atoms with Gasteiger partial charge in [0, 0.05) is 31.7 Å².